The molecule has 0 aliphatic heterocycles. The fourth-order valence-electron chi connectivity index (χ4n) is 3.29. The summed E-state index contributed by atoms with van der Waals surface area (Å²) in [6.45, 7) is 1.95. The van der Waals surface area contributed by atoms with Crippen molar-refractivity contribution in [2.24, 2.45) is 0 Å². The molecule has 1 saturated carbocycles. The fourth-order valence-corrected chi connectivity index (χ4v) is 4.14. The Balaban J connectivity index is 1.80. The molecule has 0 N–H and O–H groups in total. The van der Waals surface area contributed by atoms with Crippen molar-refractivity contribution in [3.63, 3.8) is 0 Å². The highest BCUT2D eigenvalue weighted by molar-refractivity contribution is 9.10. The van der Waals surface area contributed by atoms with E-state index in [1.165, 1.54) is 10.6 Å². The number of halogens is 1. The van der Waals surface area contributed by atoms with E-state index < -0.39 is 10.0 Å². The van der Waals surface area contributed by atoms with Crippen LogP contribution in [0.2, 0.25) is 0 Å². The monoisotopic (exact) mass is 446 g/mol. The minimum atomic E-state index is -3.38. The number of pyridine rings is 1. The summed E-state index contributed by atoms with van der Waals surface area (Å²) in [5.41, 5.74) is 3.23. The van der Waals surface area contributed by atoms with E-state index in [0.29, 0.717) is 5.69 Å². The molecule has 1 aliphatic carbocycles. The highest BCUT2D eigenvalue weighted by atomic mass is 79.9. The second-order valence-corrected chi connectivity index (χ2v) is 9.89. The molecule has 0 radical (unpaired) electrons. The largest absolute Gasteiger partial charge is 0.273 e. The third-order valence-electron chi connectivity index (χ3n) is 4.92. The van der Waals surface area contributed by atoms with Crippen molar-refractivity contribution in [1.82, 2.24) is 15.0 Å². The molecular formula is C19H19BrN4O2S. The molecule has 8 heteroatoms. The van der Waals surface area contributed by atoms with Crippen LogP contribution in [0.25, 0.3) is 10.9 Å². The van der Waals surface area contributed by atoms with Crippen LogP contribution in [0.1, 0.15) is 35.5 Å². The van der Waals surface area contributed by atoms with Gasteiger partial charge in [-0.2, -0.15) is 0 Å². The second-order valence-electron chi connectivity index (χ2n) is 6.96. The van der Waals surface area contributed by atoms with E-state index in [4.69, 9.17) is 4.98 Å². The summed E-state index contributed by atoms with van der Waals surface area (Å²) in [5, 5.41) is 0.805. The minimum Gasteiger partial charge on any atom is -0.273 e. The van der Waals surface area contributed by atoms with E-state index >= 15 is 0 Å². The van der Waals surface area contributed by atoms with E-state index in [9.17, 15) is 8.42 Å². The van der Waals surface area contributed by atoms with Gasteiger partial charge in [0.05, 0.1) is 17.5 Å². The van der Waals surface area contributed by atoms with Crippen molar-refractivity contribution in [1.29, 1.82) is 0 Å². The van der Waals surface area contributed by atoms with Crippen molar-refractivity contribution < 1.29 is 8.42 Å². The van der Waals surface area contributed by atoms with Gasteiger partial charge in [-0.3, -0.25) is 9.29 Å². The fraction of sp³-hybridized carbons (Fsp3) is 0.316. The first-order chi connectivity index (χ1) is 12.7. The van der Waals surface area contributed by atoms with E-state index in [2.05, 4.69) is 25.9 Å². The smallest absolute Gasteiger partial charge is 0.232 e. The highest BCUT2D eigenvalue weighted by Crippen LogP contribution is 2.53. The Labute approximate surface area is 166 Å². The van der Waals surface area contributed by atoms with Crippen LogP contribution in [-0.2, 0) is 10.0 Å². The Morgan fingerprint density at radius 3 is 2.63 bits per heavy atom. The Morgan fingerprint density at radius 2 is 1.93 bits per heavy atom. The van der Waals surface area contributed by atoms with Gasteiger partial charge in [-0.1, -0.05) is 15.9 Å². The Bertz CT molecular complexity index is 1150. The molecule has 2 heterocycles. The van der Waals surface area contributed by atoms with E-state index in [1.807, 2.05) is 37.3 Å². The molecule has 0 spiro atoms. The Hall–Kier alpha value is -2.06. The molecule has 140 valence electrons. The van der Waals surface area contributed by atoms with Gasteiger partial charge in [-0.05, 0) is 43.7 Å². The molecule has 0 amide bonds. The molecule has 0 unspecified atom stereocenters. The van der Waals surface area contributed by atoms with Gasteiger partial charge >= 0.3 is 0 Å². The first kappa shape index (κ1) is 18.3. The second kappa shape index (κ2) is 6.53. The van der Waals surface area contributed by atoms with Crippen molar-refractivity contribution in [2.45, 2.75) is 25.2 Å². The third-order valence-corrected chi connectivity index (χ3v) is 6.61. The Morgan fingerprint density at radius 1 is 1.15 bits per heavy atom. The number of aromatic nitrogens is 3. The maximum atomic E-state index is 12.1. The predicted octanol–water partition coefficient (Wildman–Crippen LogP) is 3.76. The zero-order chi connectivity index (χ0) is 19.3. The standard InChI is InChI=1S/C19H19BrN4O2S/c1-11-6-7-21-19(22-11)15-9-14(15)17-10-18(24(2)27(3,25)26)13-5-4-12(20)8-16(13)23-17/h4-8,10,14-15H,9H2,1-3H3/t14-,15-/m0/s1. The molecule has 0 bridgehead atoms. The molecular weight excluding hydrogens is 428 g/mol. The molecule has 27 heavy (non-hydrogen) atoms. The summed E-state index contributed by atoms with van der Waals surface area (Å²) >= 11 is 3.48. The zero-order valence-corrected chi connectivity index (χ0v) is 17.6. The number of rotatable bonds is 4. The topological polar surface area (TPSA) is 76.1 Å². The summed E-state index contributed by atoms with van der Waals surface area (Å²) < 4.78 is 26.5. The van der Waals surface area contributed by atoms with Crippen LogP contribution in [0, 0.1) is 6.92 Å². The van der Waals surface area contributed by atoms with Crippen LogP contribution in [0.5, 0.6) is 0 Å². The van der Waals surface area contributed by atoms with Crippen LogP contribution >= 0.6 is 15.9 Å². The third kappa shape index (κ3) is 3.55. The van der Waals surface area contributed by atoms with Crippen molar-refractivity contribution >= 4 is 42.5 Å². The number of fused-ring (bicyclic) bond motifs is 1. The van der Waals surface area contributed by atoms with E-state index in [1.54, 1.807) is 13.2 Å². The number of nitrogens with zero attached hydrogens (tertiary/aromatic N) is 4. The van der Waals surface area contributed by atoms with Gasteiger partial charge in [0.15, 0.2) is 0 Å². The summed E-state index contributed by atoms with van der Waals surface area (Å²) in [6.07, 6.45) is 3.90. The average molecular weight is 447 g/mol. The summed E-state index contributed by atoms with van der Waals surface area (Å²) in [7, 11) is -1.81. The molecule has 2 aromatic heterocycles. The lowest BCUT2D eigenvalue weighted by Crippen LogP contribution is -2.25. The molecule has 1 aliphatic rings. The number of sulfonamides is 1. The Kier molecular flexibility index (Phi) is 4.43. The molecule has 1 fully saturated rings. The van der Waals surface area contributed by atoms with Crippen LogP contribution in [0.3, 0.4) is 0 Å². The maximum Gasteiger partial charge on any atom is 0.232 e. The number of aryl methyl sites for hydroxylation is 1. The summed E-state index contributed by atoms with van der Waals surface area (Å²) in [4.78, 5) is 13.7. The van der Waals surface area contributed by atoms with Crippen molar-refractivity contribution in [2.75, 3.05) is 17.6 Å². The normalized spacial score (nSPS) is 19.3. The lowest BCUT2D eigenvalue weighted by Gasteiger charge is -2.20. The number of hydrogen-bond donors (Lipinski definition) is 0. The molecule has 2 atom stereocenters. The maximum absolute atomic E-state index is 12.1. The van der Waals surface area contributed by atoms with Crippen molar-refractivity contribution in [3.8, 4) is 0 Å². The van der Waals surface area contributed by atoms with Gasteiger partial charge in [0.25, 0.3) is 0 Å². The van der Waals surface area contributed by atoms with Crippen LogP contribution in [0.15, 0.2) is 41.0 Å². The van der Waals surface area contributed by atoms with Crippen LogP contribution < -0.4 is 4.31 Å². The van der Waals surface area contributed by atoms with Gasteiger partial charge in [0, 0.05) is 46.3 Å². The minimum absolute atomic E-state index is 0.196. The first-order valence-electron chi connectivity index (χ1n) is 8.57. The van der Waals surface area contributed by atoms with E-state index in [0.717, 1.165) is 39.0 Å². The van der Waals surface area contributed by atoms with Crippen LogP contribution in [0.4, 0.5) is 5.69 Å². The summed E-state index contributed by atoms with van der Waals surface area (Å²) in [6, 6.07) is 9.47. The van der Waals surface area contributed by atoms with Crippen LogP contribution in [-0.4, -0.2) is 36.7 Å². The van der Waals surface area contributed by atoms with Crippen molar-refractivity contribution in [3.05, 3.63) is 58.2 Å². The van der Waals surface area contributed by atoms with Gasteiger partial charge < -0.3 is 0 Å². The first-order valence-corrected chi connectivity index (χ1v) is 11.2. The average Bonchev–Trinajstić information content (AvgIpc) is 3.40. The number of benzene rings is 1. The van der Waals surface area contributed by atoms with Gasteiger partial charge in [0.2, 0.25) is 10.0 Å². The quantitative estimate of drug-likeness (QED) is 0.609. The molecule has 1 aromatic carbocycles. The molecule has 4 rings (SSSR count). The summed E-state index contributed by atoms with van der Waals surface area (Å²) in [5.74, 6) is 1.24. The molecule has 0 saturated heterocycles. The lowest BCUT2D eigenvalue weighted by atomic mass is 10.1. The molecule has 6 nitrogen and oxygen atoms in total. The highest BCUT2D eigenvalue weighted by Gasteiger charge is 2.43. The lowest BCUT2D eigenvalue weighted by molar-refractivity contribution is 0.600. The van der Waals surface area contributed by atoms with Gasteiger partial charge in [-0.15, -0.1) is 0 Å². The SMILES string of the molecule is Cc1ccnc([C@H]2C[C@@H]2c2cc(N(C)S(C)(=O)=O)c3ccc(Br)cc3n2)n1. The van der Waals surface area contributed by atoms with Gasteiger partial charge in [-0.25, -0.2) is 18.4 Å². The number of anilines is 1. The predicted molar refractivity (Wildman–Crippen MR) is 110 cm³/mol. The van der Waals surface area contributed by atoms with Gasteiger partial charge in [0.1, 0.15) is 5.82 Å². The zero-order valence-electron chi connectivity index (χ0n) is 15.2. The number of hydrogen-bond acceptors (Lipinski definition) is 5. The molecule has 3 aromatic rings. The van der Waals surface area contributed by atoms with E-state index in [-0.39, 0.29) is 11.8 Å².